The number of nitrogens with one attached hydrogen (secondary N) is 2. The third-order valence-corrected chi connectivity index (χ3v) is 9.60. The molecule has 0 bridgehead atoms. The van der Waals surface area contributed by atoms with Crippen LogP contribution < -0.4 is 24.8 Å². The van der Waals surface area contributed by atoms with E-state index in [-0.39, 0.29) is 49.6 Å². The van der Waals surface area contributed by atoms with E-state index in [1.165, 1.54) is 19.2 Å². The number of carbonyl (C=O) groups is 2. The Bertz CT molecular complexity index is 1670. The molecule has 0 spiro atoms. The van der Waals surface area contributed by atoms with Crippen molar-refractivity contribution in [3.05, 3.63) is 72.0 Å². The van der Waals surface area contributed by atoms with E-state index in [4.69, 9.17) is 14.2 Å². The Morgan fingerprint density at radius 3 is 2.38 bits per heavy atom. The fraction of sp³-hybridized carbons (Fsp3) is 0.355. The van der Waals surface area contributed by atoms with Crippen LogP contribution in [0.5, 0.6) is 17.2 Å². The number of hydrogen-bond acceptors (Lipinski definition) is 8. The van der Waals surface area contributed by atoms with Crippen molar-refractivity contribution in [2.75, 3.05) is 44.2 Å². The lowest BCUT2D eigenvalue weighted by molar-refractivity contribution is -0.134. The lowest BCUT2D eigenvalue weighted by Gasteiger charge is -2.33. The second-order valence-electron chi connectivity index (χ2n) is 11.1. The van der Waals surface area contributed by atoms with Crippen LogP contribution in [0.25, 0.3) is 0 Å². The fourth-order valence-corrected chi connectivity index (χ4v) is 6.31. The number of likely N-dealkylation sites (N-methyl/N-ethyl adjacent to an activating group) is 1. The van der Waals surface area contributed by atoms with E-state index in [9.17, 15) is 27.5 Å². The monoisotopic (exact) mass is 642 g/mol. The zero-order valence-corrected chi connectivity index (χ0v) is 25.8. The number of halogens is 1. The highest BCUT2D eigenvalue weighted by Gasteiger charge is 2.33. The van der Waals surface area contributed by atoms with Gasteiger partial charge in [0.25, 0.3) is 0 Å². The summed E-state index contributed by atoms with van der Waals surface area (Å²) in [6.07, 6.45) is -0.793. The maximum atomic E-state index is 13.5. The van der Waals surface area contributed by atoms with Crippen LogP contribution >= 0.6 is 0 Å². The first-order chi connectivity index (χ1) is 21.4. The molecule has 3 N–H and O–H groups in total. The number of aliphatic hydroxyl groups excluding tert-OH is 1. The standard InChI is InChI=1S/C31H35FN4O8S/c1-19-15-36(20(2)17-37)30(38)13-21-12-23(33-31(39)34-24-7-11-27-28(14-24)43-18-42-27)6-10-26(21)44-29(19)16-35(3)45(40,41)25-8-4-22(32)5-9-25/h4-12,14,19-20,29,37H,13,15-18H2,1-3H3,(H2,33,34,39)/t19-,20+,29+/m0/s1. The molecule has 2 aliphatic rings. The van der Waals surface area contributed by atoms with Gasteiger partial charge >= 0.3 is 6.03 Å². The van der Waals surface area contributed by atoms with E-state index in [0.717, 1.165) is 16.4 Å². The van der Waals surface area contributed by atoms with Gasteiger partial charge in [0.2, 0.25) is 22.7 Å². The average Bonchev–Trinajstić information content (AvgIpc) is 3.49. The second-order valence-corrected chi connectivity index (χ2v) is 13.1. The molecule has 3 amide bonds. The number of amides is 3. The van der Waals surface area contributed by atoms with Crippen LogP contribution in [0.3, 0.4) is 0 Å². The van der Waals surface area contributed by atoms with Crippen molar-refractivity contribution in [3.8, 4) is 17.2 Å². The third-order valence-electron chi connectivity index (χ3n) is 7.76. The van der Waals surface area contributed by atoms with Crippen LogP contribution in [-0.2, 0) is 21.2 Å². The molecule has 0 radical (unpaired) electrons. The Hall–Kier alpha value is -4.40. The number of carbonyl (C=O) groups excluding carboxylic acids is 2. The quantitative estimate of drug-likeness (QED) is 0.338. The summed E-state index contributed by atoms with van der Waals surface area (Å²) in [7, 11) is -2.57. The molecular weight excluding hydrogens is 607 g/mol. The molecule has 0 aromatic heterocycles. The van der Waals surface area contributed by atoms with Gasteiger partial charge in [-0.05, 0) is 61.5 Å². The van der Waals surface area contributed by atoms with Gasteiger partial charge in [-0.3, -0.25) is 4.79 Å². The van der Waals surface area contributed by atoms with E-state index in [0.29, 0.717) is 34.2 Å². The molecule has 2 aliphatic heterocycles. The molecule has 3 aromatic carbocycles. The molecule has 0 saturated carbocycles. The number of nitrogens with zero attached hydrogens (tertiary/aromatic N) is 2. The third kappa shape index (κ3) is 7.30. The molecule has 12 nitrogen and oxygen atoms in total. The fourth-order valence-electron chi connectivity index (χ4n) is 5.13. The predicted octanol–water partition coefficient (Wildman–Crippen LogP) is 3.67. The summed E-state index contributed by atoms with van der Waals surface area (Å²) < 4.78 is 58.2. The van der Waals surface area contributed by atoms with Gasteiger partial charge in [-0.2, -0.15) is 4.31 Å². The van der Waals surface area contributed by atoms with Gasteiger partial charge in [0.05, 0.1) is 30.5 Å². The average molecular weight is 643 g/mol. The lowest BCUT2D eigenvalue weighted by Crippen LogP contribution is -2.48. The van der Waals surface area contributed by atoms with E-state index < -0.39 is 34.0 Å². The van der Waals surface area contributed by atoms with Crippen molar-refractivity contribution in [1.82, 2.24) is 9.21 Å². The minimum atomic E-state index is -3.98. The summed E-state index contributed by atoms with van der Waals surface area (Å²) in [5.74, 6) is 0.284. The maximum absolute atomic E-state index is 13.5. The van der Waals surface area contributed by atoms with Gasteiger partial charge in [-0.15, -0.1) is 0 Å². The number of fused-ring (bicyclic) bond motifs is 2. The number of ether oxygens (including phenoxy) is 3. The highest BCUT2D eigenvalue weighted by molar-refractivity contribution is 7.89. The van der Waals surface area contributed by atoms with Gasteiger partial charge in [0.15, 0.2) is 11.5 Å². The zero-order valence-electron chi connectivity index (χ0n) is 25.0. The number of benzene rings is 3. The highest BCUT2D eigenvalue weighted by atomic mass is 32.2. The van der Waals surface area contributed by atoms with Crippen molar-refractivity contribution < 1.29 is 41.7 Å². The summed E-state index contributed by atoms with van der Waals surface area (Å²) in [4.78, 5) is 27.8. The molecule has 0 fully saturated rings. The molecule has 45 heavy (non-hydrogen) atoms. The van der Waals surface area contributed by atoms with Crippen LogP contribution in [0.2, 0.25) is 0 Å². The molecule has 3 atom stereocenters. The first-order valence-electron chi connectivity index (χ1n) is 14.3. The number of aliphatic hydroxyl groups is 1. The van der Waals surface area contributed by atoms with Crippen LogP contribution in [0.4, 0.5) is 20.6 Å². The first kappa shape index (κ1) is 32.0. The second kappa shape index (κ2) is 13.3. The molecule has 5 rings (SSSR count). The topological polar surface area (TPSA) is 147 Å². The summed E-state index contributed by atoms with van der Waals surface area (Å²) >= 11 is 0. The van der Waals surface area contributed by atoms with Gasteiger partial charge < -0.3 is 34.9 Å². The number of anilines is 2. The van der Waals surface area contributed by atoms with Crippen LogP contribution in [-0.4, -0.2) is 80.4 Å². The van der Waals surface area contributed by atoms with E-state index >= 15 is 0 Å². The maximum Gasteiger partial charge on any atom is 0.323 e. The lowest BCUT2D eigenvalue weighted by atomic mass is 10.0. The Labute approximate surface area is 260 Å². The first-order valence-corrected chi connectivity index (χ1v) is 15.8. The van der Waals surface area contributed by atoms with Gasteiger partial charge in [-0.25, -0.2) is 17.6 Å². The molecule has 14 heteroatoms. The number of urea groups is 1. The van der Waals surface area contributed by atoms with Crippen molar-refractivity contribution in [1.29, 1.82) is 0 Å². The van der Waals surface area contributed by atoms with Crippen molar-refractivity contribution >= 4 is 33.3 Å². The minimum absolute atomic E-state index is 0.0667. The molecule has 2 heterocycles. The summed E-state index contributed by atoms with van der Waals surface area (Å²) in [5.41, 5.74) is 1.35. The van der Waals surface area contributed by atoms with E-state index in [1.54, 1.807) is 48.2 Å². The molecule has 0 aliphatic carbocycles. The van der Waals surface area contributed by atoms with Crippen molar-refractivity contribution in [2.45, 2.75) is 37.3 Å². The molecule has 0 unspecified atom stereocenters. The molecule has 3 aromatic rings. The van der Waals surface area contributed by atoms with E-state index in [2.05, 4.69) is 10.6 Å². The van der Waals surface area contributed by atoms with Gasteiger partial charge in [0, 0.05) is 42.5 Å². The van der Waals surface area contributed by atoms with Crippen molar-refractivity contribution in [2.24, 2.45) is 5.92 Å². The molecule has 240 valence electrons. The normalized spacial score (nSPS) is 18.7. The Kier molecular flexibility index (Phi) is 9.46. The predicted molar refractivity (Wildman–Crippen MR) is 163 cm³/mol. The van der Waals surface area contributed by atoms with Gasteiger partial charge in [0.1, 0.15) is 17.7 Å². The number of sulfonamides is 1. The van der Waals surface area contributed by atoms with Crippen LogP contribution in [0.1, 0.15) is 19.4 Å². The molecule has 0 saturated heterocycles. The van der Waals surface area contributed by atoms with E-state index in [1.807, 2.05) is 6.92 Å². The van der Waals surface area contributed by atoms with Crippen LogP contribution in [0.15, 0.2) is 65.6 Å². The largest absolute Gasteiger partial charge is 0.488 e. The number of hydrogen-bond donors (Lipinski definition) is 3. The Morgan fingerprint density at radius 1 is 1.04 bits per heavy atom. The van der Waals surface area contributed by atoms with Crippen LogP contribution in [0, 0.1) is 11.7 Å². The highest BCUT2D eigenvalue weighted by Crippen LogP contribution is 2.34. The van der Waals surface area contributed by atoms with Crippen molar-refractivity contribution in [3.63, 3.8) is 0 Å². The minimum Gasteiger partial charge on any atom is -0.488 e. The Balaban J connectivity index is 1.38. The number of rotatable bonds is 8. The Morgan fingerprint density at radius 2 is 1.69 bits per heavy atom. The summed E-state index contributed by atoms with van der Waals surface area (Å²) in [6.45, 7) is 3.53. The molecular formula is C31H35FN4O8S. The SMILES string of the molecule is C[C@H](CO)N1C[C@H](C)[C@@H](CN(C)S(=O)(=O)c2ccc(F)cc2)Oc2ccc(NC(=O)Nc3ccc4c(c3)OCO4)cc2CC1=O. The summed E-state index contributed by atoms with van der Waals surface area (Å²) in [6, 6.07) is 13.4. The smallest absolute Gasteiger partial charge is 0.323 e. The summed E-state index contributed by atoms with van der Waals surface area (Å²) in [5, 5.41) is 15.4. The zero-order chi connectivity index (χ0) is 32.3. The van der Waals surface area contributed by atoms with Gasteiger partial charge in [-0.1, -0.05) is 6.92 Å².